The molecule has 0 aliphatic rings. The van der Waals surface area contributed by atoms with Crippen LogP contribution in [0, 0.1) is 5.82 Å². The summed E-state index contributed by atoms with van der Waals surface area (Å²) in [6.07, 6.45) is 0. The van der Waals surface area contributed by atoms with Gasteiger partial charge in [0, 0.05) is 13.1 Å². The highest BCUT2D eigenvalue weighted by Gasteiger charge is 2.12. The zero-order valence-corrected chi connectivity index (χ0v) is 11.6. The van der Waals surface area contributed by atoms with Gasteiger partial charge in [-0.25, -0.2) is 4.39 Å². The minimum atomic E-state index is -0.379. The quantitative estimate of drug-likeness (QED) is 0.870. The van der Waals surface area contributed by atoms with Gasteiger partial charge in [0.05, 0.1) is 11.1 Å². The standard InChI is InChI=1S/C12H15BrFNO3/c1-2-15(5-6-16)12(17)8-18-11-4-3-9(14)7-10(11)13/h3-4,7,16H,2,5-6,8H2,1H3. The number of benzene rings is 1. The molecule has 0 fully saturated rings. The van der Waals surface area contributed by atoms with E-state index in [1.807, 2.05) is 6.92 Å². The number of halogens is 2. The molecule has 100 valence electrons. The van der Waals surface area contributed by atoms with Crippen LogP contribution in [0.1, 0.15) is 6.92 Å². The molecule has 1 aromatic rings. The number of nitrogens with zero attached hydrogens (tertiary/aromatic N) is 1. The van der Waals surface area contributed by atoms with Crippen molar-refractivity contribution in [3.8, 4) is 5.75 Å². The summed E-state index contributed by atoms with van der Waals surface area (Å²) in [6.45, 7) is 2.38. The average molecular weight is 320 g/mol. The van der Waals surface area contributed by atoms with Crippen LogP contribution in [0.4, 0.5) is 4.39 Å². The number of amides is 1. The molecule has 0 aromatic heterocycles. The van der Waals surface area contributed by atoms with E-state index in [2.05, 4.69) is 15.9 Å². The second-order valence-electron chi connectivity index (χ2n) is 3.56. The van der Waals surface area contributed by atoms with Crippen LogP contribution in [0.15, 0.2) is 22.7 Å². The third-order valence-corrected chi connectivity index (χ3v) is 2.97. The van der Waals surface area contributed by atoms with Crippen LogP contribution < -0.4 is 4.74 Å². The highest BCUT2D eigenvalue weighted by molar-refractivity contribution is 9.10. The maximum atomic E-state index is 12.8. The van der Waals surface area contributed by atoms with Crippen molar-refractivity contribution < 1.29 is 19.0 Å². The Hall–Kier alpha value is -1.14. The van der Waals surface area contributed by atoms with E-state index >= 15 is 0 Å². The largest absolute Gasteiger partial charge is 0.483 e. The lowest BCUT2D eigenvalue weighted by atomic mass is 10.3. The highest BCUT2D eigenvalue weighted by atomic mass is 79.9. The molecule has 0 radical (unpaired) electrons. The molecule has 0 aliphatic heterocycles. The predicted molar refractivity (Wildman–Crippen MR) is 68.9 cm³/mol. The van der Waals surface area contributed by atoms with E-state index in [1.54, 1.807) is 0 Å². The maximum Gasteiger partial charge on any atom is 0.260 e. The van der Waals surface area contributed by atoms with E-state index in [0.717, 1.165) is 0 Å². The van der Waals surface area contributed by atoms with Crippen molar-refractivity contribution in [3.05, 3.63) is 28.5 Å². The Morgan fingerprint density at radius 1 is 1.56 bits per heavy atom. The number of rotatable bonds is 6. The number of ether oxygens (including phenoxy) is 1. The van der Waals surface area contributed by atoms with Crippen molar-refractivity contribution in [1.29, 1.82) is 0 Å². The van der Waals surface area contributed by atoms with Gasteiger partial charge < -0.3 is 14.7 Å². The average Bonchev–Trinajstić information content (AvgIpc) is 2.34. The molecule has 1 aromatic carbocycles. The first kappa shape index (κ1) is 14.9. The summed E-state index contributed by atoms with van der Waals surface area (Å²) in [6, 6.07) is 3.98. The summed E-state index contributed by atoms with van der Waals surface area (Å²) < 4.78 is 18.6. The molecule has 0 spiro atoms. The second-order valence-corrected chi connectivity index (χ2v) is 4.41. The van der Waals surface area contributed by atoms with Gasteiger partial charge in [0.15, 0.2) is 6.61 Å². The molecule has 0 saturated heterocycles. The fourth-order valence-electron chi connectivity index (χ4n) is 1.40. The maximum absolute atomic E-state index is 12.8. The number of hydrogen-bond acceptors (Lipinski definition) is 3. The molecule has 1 rings (SSSR count). The molecule has 0 unspecified atom stereocenters. The topological polar surface area (TPSA) is 49.8 Å². The Kier molecular flexibility index (Phi) is 6.07. The Balaban J connectivity index is 2.56. The Labute approximate surface area is 113 Å². The predicted octanol–water partition coefficient (Wildman–Crippen LogP) is 1.81. The lowest BCUT2D eigenvalue weighted by Gasteiger charge is -2.19. The number of likely N-dealkylation sites (N-methyl/N-ethyl adjacent to an activating group) is 1. The Bertz CT molecular complexity index is 414. The second kappa shape index (κ2) is 7.33. The van der Waals surface area contributed by atoms with Gasteiger partial charge in [-0.3, -0.25) is 4.79 Å². The van der Waals surface area contributed by atoms with Crippen LogP contribution in [0.3, 0.4) is 0 Å². The molecule has 1 N–H and O–H groups in total. The number of hydrogen-bond donors (Lipinski definition) is 1. The fraction of sp³-hybridized carbons (Fsp3) is 0.417. The van der Waals surface area contributed by atoms with Crippen LogP contribution in [-0.4, -0.2) is 42.2 Å². The number of aliphatic hydroxyl groups is 1. The van der Waals surface area contributed by atoms with Crippen LogP contribution in [0.2, 0.25) is 0 Å². The zero-order valence-electron chi connectivity index (χ0n) is 10.0. The first-order valence-electron chi connectivity index (χ1n) is 5.55. The SMILES string of the molecule is CCN(CCO)C(=O)COc1ccc(F)cc1Br. The van der Waals surface area contributed by atoms with Gasteiger partial charge in [-0.2, -0.15) is 0 Å². The molecule has 0 atom stereocenters. The summed E-state index contributed by atoms with van der Waals surface area (Å²) in [7, 11) is 0. The molecular weight excluding hydrogens is 305 g/mol. The van der Waals surface area contributed by atoms with Gasteiger partial charge in [-0.15, -0.1) is 0 Å². The summed E-state index contributed by atoms with van der Waals surface area (Å²) in [5.41, 5.74) is 0. The normalized spacial score (nSPS) is 10.2. The first-order valence-corrected chi connectivity index (χ1v) is 6.34. The Morgan fingerprint density at radius 3 is 2.83 bits per heavy atom. The van der Waals surface area contributed by atoms with Gasteiger partial charge in [-0.1, -0.05) is 0 Å². The molecule has 18 heavy (non-hydrogen) atoms. The van der Waals surface area contributed by atoms with E-state index in [4.69, 9.17) is 9.84 Å². The summed E-state index contributed by atoms with van der Waals surface area (Å²) >= 11 is 3.15. The van der Waals surface area contributed by atoms with Crippen molar-refractivity contribution in [2.24, 2.45) is 0 Å². The van der Waals surface area contributed by atoms with E-state index in [0.29, 0.717) is 16.8 Å². The Morgan fingerprint density at radius 2 is 2.28 bits per heavy atom. The van der Waals surface area contributed by atoms with Crippen LogP contribution in [0.5, 0.6) is 5.75 Å². The number of carbonyl (C=O) groups is 1. The van der Waals surface area contributed by atoms with Gasteiger partial charge in [0.25, 0.3) is 5.91 Å². The molecular formula is C12H15BrFNO3. The molecule has 0 saturated carbocycles. The lowest BCUT2D eigenvalue weighted by Crippen LogP contribution is -2.36. The van der Waals surface area contributed by atoms with E-state index < -0.39 is 0 Å². The minimum absolute atomic E-state index is 0.0835. The summed E-state index contributed by atoms with van der Waals surface area (Å²) in [4.78, 5) is 13.2. The number of aliphatic hydroxyl groups excluding tert-OH is 1. The first-order chi connectivity index (χ1) is 8.58. The van der Waals surface area contributed by atoms with Crippen molar-refractivity contribution >= 4 is 21.8 Å². The molecule has 1 amide bonds. The van der Waals surface area contributed by atoms with Crippen LogP contribution in [-0.2, 0) is 4.79 Å². The third kappa shape index (κ3) is 4.27. The number of carbonyl (C=O) groups excluding carboxylic acids is 1. The van der Waals surface area contributed by atoms with Crippen LogP contribution >= 0.6 is 15.9 Å². The zero-order chi connectivity index (χ0) is 13.5. The van der Waals surface area contributed by atoms with Gasteiger partial charge >= 0.3 is 0 Å². The van der Waals surface area contributed by atoms with Crippen molar-refractivity contribution in [2.45, 2.75) is 6.92 Å². The van der Waals surface area contributed by atoms with Crippen molar-refractivity contribution in [1.82, 2.24) is 4.90 Å². The van der Waals surface area contributed by atoms with Gasteiger partial charge in [0.1, 0.15) is 11.6 Å². The molecule has 0 bridgehead atoms. The molecule has 4 nitrogen and oxygen atoms in total. The highest BCUT2D eigenvalue weighted by Crippen LogP contribution is 2.25. The minimum Gasteiger partial charge on any atom is -0.483 e. The lowest BCUT2D eigenvalue weighted by molar-refractivity contribution is -0.133. The van der Waals surface area contributed by atoms with Gasteiger partial charge in [0.2, 0.25) is 0 Å². The smallest absolute Gasteiger partial charge is 0.260 e. The van der Waals surface area contributed by atoms with E-state index in [9.17, 15) is 9.18 Å². The molecule has 0 heterocycles. The molecule has 0 aliphatic carbocycles. The van der Waals surface area contributed by atoms with Crippen LogP contribution in [0.25, 0.3) is 0 Å². The summed E-state index contributed by atoms with van der Waals surface area (Å²) in [5, 5.41) is 8.79. The summed E-state index contributed by atoms with van der Waals surface area (Å²) in [5.74, 6) is -0.191. The third-order valence-electron chi connectivity index (χ3n) is 2.35. The van der Waals surface area contributed by atoms with Crippen molar-refractivity contribution in [2.75, 3.05) is 26.3 Å². The van der Waals surface area contributed by atoms with Crippen molar-refractivity contribution in [3.63, 3.8) is 0 Å². The monoisotopic (exact) mass is 319 g/mol. The fourth-order valence-corrected chi connectivity index (χ4v) is 1.87. The van der Waals surface area contributed by atoms with E-state index in [1.165, 1.54) is 23.1 Å². The molecule has 6 heteroatoms. The van der Waals surface area contributed by atoms with Gasteiger partial charge in [-0.05, 0) is 41.1 Å². The van der Waals surface area contributed by atoms with E-state index in [-0.39, 0.29) is 31.5 Å².